The maximum absolute atomic E-state index is 12.8. The first-order chi connectivity index (χ1) is 31.5. The van der Waals surface area contributed by atoms with Gasteiger partial charge in [0.15, 0.2) is 6.10 Å². The molecule has 6 nitrogen and oxygen atoms in total. The maximum atomic E-state index is 12.8. The SMILES string of the molecule is CCCCC/C=C\C/C=C\CCCCCCCCCC(=O)OC[C@H](COC(=O)CCC/C=C\C/C=C\C/C=C\CCCCCCCC)OC(=O)CCCCCCCCCCCCCC. The molecule has 0 bridgehead atoms. The molecule has 0 rings (SSSR count). The van der Waals surface area contributed by atoms with Gasteiger partial charge in [0, 0.05) is 19.3 Å². The Balaban J connectivity index is 4.43. The van der Waals surface area contributed by atoms with Crippen LogP contribution in [-0.4, -0.2) is 37.2 Å². The highest BCUT2D eigenvalue weighted by molar-refractivity contribution is 5.71. The first-order valence-electron chi connectivity index (χ1n) is 27.3. The number of hydrogen-bond acceptors (Lipinski definition) is 6. The van der Waals surface area contributed by atoms with Gasteiger partial charge in [-0.2, -0.15) is 0 Å². The molecule has 0 aromatic heterocycles. The molecule has 0 aliphatic heterocycles. The summed E-state index contributed by atoms with van der Waals surface area (Å²) in [5.74, 6) is -0.946. The van der Waals surface area contributed by atoms with E-state index in [2.05, 4.69) is 81.5 Å². The molecule has 0 saturated carbocycles. The van der Waals surface area contributed by atoms with Crippen molar-refractivity contribution >= 4 is 17.9 Å². The Labute approximate surface area is 396 Å². The Morgan fingerprint density at radius 3 is 0.969 bits per heavy atom. The smallest absolute Gasteiger partial charge is 0.306 e. The summed E-state index contributed by atoms with van der Waals surface area (Å²) in [7, 11) is 0. The Morgan fingerprint density at radius 1 is 0.312 bits per heavy atom. The van der Waals surface area contributed by atoms with E-state index in [1.54, 1.807) is 0 Å². The van der Waals surface area contributed by atoms with Gasteiger partial charge in [0.2, 0.25) is 0 Å². The van der Waals surface area contributed by atoms with Gasteiger partial charge in [-0.3, -0.25) is 14.4 Å². The topological polar surface area (TPSA) is 78.9 Å². The van der Waals surface area contributed by atoms with Crippen LogP contribution in [0.1, 0.15) is 271 Å². The lowest BCUT2D eigenvalue weighted by atomic mass is 10.0. The first-order valence-corrected chi connectivity index (χ1v) is 27.3. The van der Waals surface area contributed by atoms with E-state index in [4.69, 9.17) is 14.2 Å². The monoisotopic (exact) mass is 895 g/mol. The molecular weight excluding hydrogens is 793 g/mol. The van der Waals surface area contributed by atoms with Crippen LogP contribution in [0.25, 0.3) is 0 Å². The van der Waals surface area contributed by atoms with Crippen molar-refractivity contribution < 1.29 is 28.6 Å². The molecule has 370 valence electrons. The van der Waals surface area contributed by atoms with Crippen molar-refractivity contribution in [1.82, 2.24) is 0 Å². The van der Waals surface area contributed by atoms with Crippen LogP contribution in [0.4, 0.5) is 0 Å². The van der Waals surface area contributed by atoms with E-state index in [0.29, 0.717) is 19.3 Å². The fraction of sp³-hybridized carbons (Fsp3) is 0.776. The largest absolute Gasteiger partial charge is 0.462 e. The van der Waals surface area contributed by atoms with Crippen molar-refractivity contribution in [1.29, 1.82) is 0 Å². The highest BCUT2D eigenvalue weighted by Crippen LogP contribution is 2.15. The molecule has 1 atom stereocenters. The zero-order valence-corrected chi connectivity index (χ0v) is 42.3. The second kappa shape index (κ2) is 52.7. The molecule has 6 heteroatoms. The van der Waals surface area contributed by atoms with Crippen molar-refractivity contribution in [3.63, 3.8) is 0 Å². The number of allylic oxidation sites excluding steroid dienone is 10. The number of esters is 3. The number of hydrogen-bond donors (Lipinski definition) is 0. The van der Waals surface area contributed by atoms with Gasteiger partial charge in [-0.25, -0.2) is 0 Å². The van der Waals surface area contributed by atoms with Crippen molar-refractivity contribution in [3.8, 4) is 0 Å². The average molecular weight is 895 g/mol. The molecule has 0 spiro atoms. The quantitative estimate of drug-likeness (QED) is 0.0262. The van der Waals surface area contributed by atoms with Crippen LogP contribution in [0.5, 0.6) is 0 Å². The zero-order chi connectivity index (χ0) is 46.5. The molecule has 0 aliphatic carbocycles. The summed E-state index contributed by atoms with van der Waals surface area (Å²) in [6, 6.07) is 0. The second-order valence-electron chi connectivity index (χ2n) is 18.1. The molecule has 0 fully saturated rings. The van der Waals surface area contributed by atoms with E-state index < -0.39 is 6.10 Å². The Kier molecular flexibility index (Phi) is 50.4. The minimum absolute atomic E-state index is 0.0921. The minimum Gasteiger partial charge on any atom is -0.462 e. The number of unbranched alkanes of at least 4 members (excludes halogenated alkanes) is 28. The summed E-state index contributed by atoms with van der Waals surface area (Å²) in [6.45, 7) is 6.57. The predicted molar refractivity (Wildman–Crippen MR) is 275 cm³/mol. The highest BCUT2D eigenvalue weighted by atomic mass is 16.6. The summed E-state index contributed by atoms with van der Waals surface area (Å²) in [6.07, 6.45) is 64.9. The normalized spacial score (nSPS) is 12.5. The maximum Gasteiger partial charge on any atom is 0.306 e. The van der Waals surface area contributed by atoms with E-state index in [1.807, 2.05) is 0 Å². The summed E-state index contributed by atoms with van der Waals surface area (Å²) < 4.78 is 16.8. The molecule has 0 amide bonds. The van der Waals surface area contributed by atoms with Crippen LogP contribution in [0.15, 0.2) is 60.8 Å². The Morgan fingerprint density at radius 2 is 0.578 bits per heavy atom. The van der Waals surface area contributed by atoms with E-state index in [0.717, 1.165) is 70.6 Å². The van der Waals surface area contributed by atoms with Crippen LogP contribution >= 0.6 is 0 Å². The predicted octanol–water partition coefficient (Wildman–Crippen LogP) is 18.0. The lowest BCUT2D eigenvalue weighted by Gasteiger charge is -2.18. The van der Waals surface area contributed by atoms with Crippen molar-refractivity contribution in [2.24, 2.45) is 0 Å². The second-order valence-corrected chi connectivity index (χ2v) is 18.1. The average Bonchev–Trinajstić information content (AvgIpc) is 3.29. The molecule has 0 unspecified atom stereocenters. The molecule has 0 saturated heterocycles. The van der Waals surface area contributed by atoms with Gasteiger partial charge in [-0.05, 0) is 83.5 Å². The van der Waals surface area contributed by atoms with Gasteiger partial charge >= 0.3 is 17.9 Å². The van der Waals surface area contributed by atoms with E-state index in [9.17, 15) is 14.4 Å². The van der Waals surface area contributed by atoms with Crippen LogP contribution < -0.4 is 0 Å². The van der Waals surface area contributed by atoms with Gasteiger partial charge in [-0.1, -0.05) is 229 Å². The molecule has 0 aliphatic rings. The lowest BCUT2D eigenvalue weighted by molar-refractivity contribution is -0.167. The van der Waals surface area contributed by atoms with Gasteiger partial charge in [-0.15, -0.1) is 0 Å². The minimum atomic E-state index is -0.795. The fourth-order valence-electron chi connectivity index (χ4n) is 7.61. The molecular formula is C58H102O6. The van der Waals surface area contributed by atoms with Crippen LogP contribution in [-0.2, 0) is 28.6 Å². The molecule has 0 aromatic rings. The molecule has 0 radical (unpaired) electrons. The summed E-state index contributed by atoms with van der Waals surface area (Å²) >= 11 is 0. The fourth-order valence-corrected chi connectivity index (χ4v) is 7.61. The summed E-state index contributed by atoms with van der Waals surface area (Å²) in [5.41, 5.74) is 0. The highest BCUT2D eigenvalue weighted by Gasteiger charge is 2.19. The van der Waals surface area contributed by atoms with Gasteiger partial charge in [0.1, 0.15) is 13.2 Å². The van der Waals surface area contributed by atoms with E-state index in [-0.39, 0.29) is 37.5 Å². The number of carbonyl (C=O) groups excluding carboxylic acids is 3. The Bertz CT molecular complexity index is 1170. The van der Waals surface area contributed by atoms with Crippen LogP contribution in [0, 0.1) is 0 Å². The summed E-state index contributed by atoms with van der Waals surface area (Å²) in [4.78, 5) is 38.0. The first kappa shape index (κ1) is 61.1. The van der Waals surface area contributed by atoms with Crippen molar-refractivity contribution in [2.45, 2.75) is 277 Å². The molecule has 64 heavy (non-hydrogen) atoms. The summed E-state index contributed by atoms with van der Waals surface area (Å²) in [5, 5.41) is 0. The van der Waals surface area contributed by atoms with Crippen molar-refractivity contribution in [2.75, 3.05) is 13.2 Å². The molecule has 0 aromatic carbocycles. The van der Waals surface area contributed by atoms with E-state index in [1.165, 1.54) is 154 Å². The van der Waals surface area contributed by atoms with Crippen molar-refractivity contribution in [3.05, 3.63) is 60.8 Å². The molecule has 0 N–H and O–H groups in total. The van der Waals surface area contributed by atoms with E-state index >= 15 is 0 Å². The third kappa shape index (κ3) is 50.1. The number of rotatable bonds is 49. The van der Waals surface area contributed by atoms with Crippen LogP contribution in [0.2, 0.25) is 0 Å². The Hall–Kier alpha value is -2.89. The number of carbonyl (C=O) groups is 3. The van der Waals surface area contributed by atoms with Gasteiger partial charge in [0.25, 0.3) is 0 Å². The third-order valence-electron chi connectivity index (χ3n) is 11.7. The zero-order valence-electron chi connectivity index (χ0n) is 42.3. The lowest BCUT2D eigenvalue weighted by Crippen LogP contribution is -2.30. The van der Waals surface area contributed by atoms with Crippen LogP contribution in [0.3, 0.4) is 0 Å². The third-order valence-corrected chi connectivity index (χ3v) is 11.7. The molecule has 0 heterocycles. The van der Waals surface area contributed by atoms with Gasteiger partial charge < -0.3 is 14.2 Å². The standard InChI is InChI=1S/C58H102O6/c1-4-7-10-13-16-19-22-25-27-29-31-33-36-38-41-44-47-50-56(59)62-53-55(64-58(61)52-49-46-43-40-35-24-21-18-15-12-9-6-3)54-63-57(60)51-48-45-42-39-37-34-32-30-28-26-23-20-17-14-11-8-5-2/h16,19,25-28,32,34,39,42,55H,4-15,17-18,20-24,29-31,33,35-38,40-41,43-54H2,1-3H3/b19-16-,27-25-,28-26-,34-32-,42-39-/t55-/m1/s1. The number of ether oxygens (including phenoxy) is 3. The van der Waals surface area contributed by atoms with Gasteiger partial charge in [0.05, 0.1) is 0 Å².